The molecule has 3 rings (SSSR count). The van der Waals surface area contributed by atoms with Crippen molar-refractivity contribution in [3.63, 3.8) is 0 Å². The normalized spacial score (nSPS) is 16.8. The first-order valence-corrected chi connectivity index (χ1v) is 9.57. The second-order valence-electron chi connectivity index (χ2n) is 8.01. The van der Waals surface area contributed by atoms with Crippen molar-refractivity contribution in [2.24, 2.45) is 5.41 Å². The third-order valence-electron chi connectivity index (χ3n) is 4.99. The van der Waals surface area contributed by atoms with Crippen molar-refractivity contribution < 1.29 is 18.7 Å². The molecule has 1 saturated heterocycles. The molecule has 1 amide bonds. The van der Waals surface area contributed by atoms with Crippen molar-refractivity contribution in [3.8, 4) is 5.75 Å². The number of nitrogens with zero attached hydrogens (tertiary/aromatic N) is 1. The topological polar surface area (TPSA) is 63.9 Å². The Morgan fingerprint density at radius 1 is 1.30 bits per heavy atom. The van der Waals surface area contributed by atoms with Gasteiger partial charge in [0.2, 0.25) is 0 Å². The number of ether oxygens (including phenoxy) is 2. The number of furan rings is 1. The van der Waals surface area contributed by atoms with Crippen LogP contribution >= 0.6 is 0 Å². The number of fused-ring (bicyclic) bond motifs is 1. The fourth-order valence-electron chi connectivity index (χ4n) is 3.76. The van der Waals surface area contributed by atoms with Gasteiger partial charge >= 0.3 is 0 Å². The van der Waals surface area contributed by atoms with Crippen LogP contribution in [0.3, 0.4) is 0 Å². The zero-order valence-corrected chi connectivity index (χ0v) is 16.7. The van der Waals surface area contributed by atoms with Crippen molar-refractivity contribution >= 4 is 16.9 Å². The Labute approximate surface area is 160 Å². The van der Waals surface area contributed by atoms with Gasteiger partial charge < -0.3 is 24.1 Å². The molecule has 6 nitrogen and oxygen atoms in total. The number of benzene rings is 1. The molecule has 0 aliphatic carbocycles. The third kappa shape index (κ3) is 4.82. The minimum absolute atomic E-state index is 0.0204. The number of hydrogen-bond donors (Lipinski definition) is 1. The molecule has 1 N–H and O–H groups in total. The molecule has 0 radical (unpaired) electrons. The molecule has 1 aliphatic heterocycles. The molecule has 2 heterocycles. The van der Waals surface area contributed by atoms with E-state index in [2.05, 4.69) is 24.3 Å². The van der Waals surface area contributed by atoms with Crippen LogP contribution in [0.5, 0.6) is 5.75 Å². The quantitative estimate of drug-likeness (QED) is 0.806. The van der Waals surface area contributed by atoms with Gasteiger partial charge in [-0.25, -0.2) is 0 Å². The predicted octanol–water partition coefficient (Wildman–Crippen LogP) is 3.31. The molecule has 2 aromatic rings. The Morgan fingerprint density at radius 2 is 2.04 bits per heavy atom. The average molecular weight is 374 g/mol. The van der Waals surface area contributed by atoms with Gasteiger partial charge in [0, 0.05) is 37.3 Å². The summed E-state index contributed by atoms with van der Waals surface area (Å²) in [5, 5.41) is 4.02. The van der Waals surface area contributed by atoms with Crippen molar-refractivity contribution in [1.82, 2.24) is 10.2 Å². The van der Waals surface area contributed by atoms with E-state index in [1.165, 1.54) is 0 Å². The SMILES string of the molecule is CC(C)Oc1cc(C(=O)NCC2(CN(C)C)CCOCC2)cc2occc12. The molecule has 6 heteroatoms. The lowest BCUT2D eigenvalue weighted by atomic mass is 9.79. The Bertz CT molecular complexity index is 776. The number of rotatable bonds is 7. The average Bonchev–Trinajstić information content (AvgIpc) is 3.08. The lowest BCUT2D eigenvalue weighted by Crippen LogP contribution is -2.47. The summed E-state index contributed by atoms with van der Waals surface area (Å²) in [5.74, 6) is 0.571. The smallest absolute Gasteiger partial charge is 0.251 e. The highest BCUT2D eigenvalue weighted by Crippen LogP contribution is 2.32. The van der Waals surface area contributed by atoms with E-state index < -0.39 is 0 Å². The maximum Gasteiger partial charge on any atom is 0.251 e. The van der Waals surface area contributed by atoms with Gasteiger partial charge in [-0.2, -0.15) is 0 Å². The van der Waals surface area contributed by atoms with Crippen LogP contribution in [0.25, 0.3) is 11.0 Å². The van der Waals surface area contributed by atoms with E-state index in [0.717, 1.165) is 38.0 Å². The van der Waals surface area contributed by atoms with Gasteiger partial charge in [-0.05, 0) is 59.0 Å². The Balaban J connectivity index is 1.77. The fraction of sp³-hybridized carbons (Fsp3) is 0.571. The summed E-state index contributed by atoms with van der Waals surface area (Å²) in [6.07, 6.45) is 3.54. The zero-order valence-electron chi connectivity index (χ0n) is 16.7. The van der Waals surface area contributed by atoms with Crippen LogP contribution in [0.4, 0.5) is 0 Å². The molecule has 0 unspecified atom stereocenters. The van der Waals surface area contributed by atoms with Gasteiger partial charge in [0.1, 0.15) is 11.3 Å². The first-order valence-electron chi connectivity index (χ1n) is 9.57. The number of hydrogen-bond acceptors (Lipinski definition) is 5. The summed E-state index contributed by atoms with van der Waals surface area (Å²) < 4.78 is 16.9. The van der Waals surface area contributed by atoms with E-state index in [4.69, 9.17) is 13.9 Å². The number of carbonyl (C=O) groups excluding carboxylic acids is 1. The van der Waals surface area contributed by atoms with Crippen molar-refractivity contribution in [3.05, 3.63) is 30.0 Å². The molecule has 1 aromatic heterocycles. The Hall–Kier alpha value is -2.05. The van der Waals surface area contributed by atoms with Gasteiger partial charge in [-0.3, -0.25) is 4.79 Å². The Morgan fingerprint density at radius 3 is 2.70 bits per heavy atom. The van der Waals surface area contributed by atoms with Crippen molar-refractivity contribution in [2.75, 3.05) is 40.4 Å². The first-order chi connectivity index (χ1) is 12.9. The summed E-state index contributed by atoms with van der Waals surface area (Å²) in [6, 6.07) is 5.44. The molecular formula is C21H30N2O4. The third-order valence-corrected chi connectivity index (χ3v) is 4.99. The van der Waals surface area contributed by atoms with Crippen LogP contribution in [-0.2, 0) is 4.74 Å². The van der Waals surface area contributed by atoms with Crippen molar-refractivity contribution in [2.45, 2.75) is 32.8 Å². The summed E-state index contributed by atoms with van der Waals surface area (Å²) in [6.45, 7) is 6.98. The highest BCUT2D eigenvalue weighted by Gasteiger charge is 2.33. The lowest BCUT2D eigenvalue weighted by molar-refractivity contribution is 0.00285. The van der Waals surface area contributed by atoms with Gasteiger partial charge in [-0.1, -0.05) is 0 Å². The van der Waals surface area contributed by atoms with Crippen LogP contribution in [0.1, 0.15) is 37.0 Å². The summed E-state index contributed by atoms with van der Waals surface area (Å²) in [7, 11) is 4.14. The van der Waals surface area contributed by atoms with E-state index in [-0.39, 0.29) is 17.4 Å². The second kappa shape index (κ2) is 8.31. The largest absolute Gasteiger partial charge is 0.490 e. The number of nitrogens with one attached hydrogen (secondary N) is 1. The second-order valence-corrected chi connectivity index (χ2v) is 8.01. The molecule has 0 atom stereocenters. The summed E-state index contributed by atoms with van der Waals surface area (Å²) in [5.41, 5.74) is 1.26. The Kier molecular flexibility index (Phi) is 6.07. The first kappa shape index (κ1) is 19.7. The zero-order chi connectivity index (χ0) is 19.4. The minimum Gasteiger partial charge on any atom is -0.490 e. The highest BCUT2D eigenvalue weighted by molar-refractivity contribution is 5.99. The van der Waals surface area contributed by atoms with Crippen LogP contribution in [0, 0.1) is 5.41 Å². The fourth-order valence-corrected chi connectivity index (χ4v) is 3.76. The number of carbonyl (C=O) groups is 1. The van der Waals surface area contributed by atoms with Crippen LogP contribution in [-0.4, -0.2) is 57.3 Å². The maximum absolute atomic E-state index is 12.9. The van der Waals surface area contributed by atoms with E-state index in [1.807, 2.05) is 19.9 Å². The van der Waals surface area contributed by atoms with Gasteiger partial charge in [0.25, 0.3) is 5.91 Å². The van der Waals surface area contributed by atoms with E-state index in [1.54, 1.807) is 18.4 Å². The molecule has 0 spiro atoms. The molecule has 0 saturated carbocycles. The van der Waals surface area contributed by atoms with E-state index in [9.17, 15) is 4.79 Å². The minimum atomic E-state index is -0.105. The summed E-state index contributed by atoms with van der Waals surface area (Å²) >= 11 is 0. The van der Waals surface area contributed by atoms with Crippen LogP contribution in [0.2, 0.25) is 0 Å². The van der Waals surface area contributed by atoms with E-state index in [0.29, 0.717) is 23.4 Å². The highest BCUT2D eigenvalue weighted by atomic mass is 16.5. The molecule has 0 bridgehead atoms. The summed E-state index contributed by atoms with van der Waals surface area (Å²) in [4.78, 5) is 15.0. The lowest BCUT2D eigenvalue weighted by Gasteiger charge is -2.39. The maximum atomic E-state index is 12.9. The molecule has 148 valence electrons. The van der Waals surface area contributed by atoms with Crippen LogP contribution in [0.15, 0.2) is 28.9 Å². The van der Waals surface area contributed by atoms with Gasteiger partial charge in [0.05, 0.1) is 17.8 Å². The molecule has 1 aliphatic rings. The number of amides is 1. The monoisotopic (exact) mass is 374 g/mol. The molecule has 1 fully saturated rings. The van der Waals surface area contributed by atoms with E-state index >= 15 is 0 Å². The van der Waals surface area contributed by atoms with Gasteiger partial charge in [-0.15, -0.1) is 0 Å². The predicted molar refractivity (Wildman–Crippen MR) is 105 cm³/mol. The van der Waals surface area contributed by atoms with Crippen molar-refractivity contribution in [1.29, 1.82) is 0 Å². The molecule has 1 aromatic carbocycles. The van der Waals surface area contributed by atoms with Crippen LogP contribution < -0.4 is 10.1 Å². The van der Waals surface area contributed by atoms with Gasteiger partial charge in [0.15, 0.2) is 0 Å². The molecular weight excluding hydrogens is 344 g/mol. The standard InChI is InChI=1S/C21H30N2O4/c1-15(2)27-19-12-16(11-18-17(19)5-8-26-18)20(24)22-13-21(14-23(3)4)6-9-25-10-7-21/h5,8,11-12,15H,6-7,9-10,13-14H2,1-4H3,(H,22,24). The molecule has 27 heavy (non-hydrogen) atoms.